The number of benzene rings is 1. The highest BCUT2D eigenvalue weighted by atomic mass is 32.1. The van der Waals surface area contributed by atoms with Gasteiger partial charge in [-0.05, 0) is 38.2 Å². The zero-order valence-corrected chi connectivity index (χ0v) is 23.3. The number of hydrogen-bond acceptors (Lipinski definition) is 10. The van der Waals surface area contributed by atoms with Crippen molar-refractivity contribution in [3.8, 4) is 17.5 Å². The van der Waals surface area contributed by atoms with E-state index in [9.17, 15) is 14.4 Å². The van der Waals surface area contributed by atoms with Crippen LogP contribution in [0, 0.1) is 0 Å². The number of rotatable bonds is 11. The Hall–Kier alpha value is -4.07. The summed E-state index contributed by atoms with van der Waals surface area (Å²) in [5.41, 5.74) is 1.10. The lowest BCUT2D eigenvalue weighted by molar-refractivity contribution is -0.136. The molecule has 2 aromatic heterocycles. The fourth-order valence-electron chi connectivity index (χ4n) is 3.95. The fraction of sp³-hybridized carbons (Fsp3) is 0.370. The van der Waals surface area contributed by atoms with Crippen LogP contribution in [-0.4, -0.2) is 95.7 Å². The van der Waals surface area contributed by atoms with Gasteiger partial charge in [-0.25, -0.2) is 4.98 Å². The average molecular weight is 570 g/mol. The molecule has 0 radical (unpaired) electrons. The summed E-state index contributed by atoms with van der Waals surface area (Å²) in [6, 6.07) is 9.66. The molecule has 0 spiro atoms. The normalized spacial score (nSPS) is 14.4. The molecule has 13 heteroatoms. The number of carbonyl (C=O) groups excluding carboxylic acids is 2. The minimum Gasteiger partial charge on any atom is -0.481 e. The molecule has 4 rings (SSSR count). The first-order chi connectivity index (χ1) is 19.2. The van der Waals surface area contributed by atoms with Crippen molar-refractivity contribution in [1.29, 1.82) is 0 Å². The molecule has 1 atom stereocenters. The van der Waals surface area contributed by atoms with Gasteiger partial charge in [0.2, 0.25) is 11.8 Å². The molecule has 12 nitrogen and oxygen atoms in total. The maximum absolute atomic E-state index is 13.0. The number of carbonyl (C=O) groups is 3. The SMILES string of the molecule is COC[C@@H](C)Oc1cc(C(=O)Nc2nc(CC(=O)O)cs2)cc(Oc2ccc(C(=O)N3CCN(C)CC3)cc2)n1. The number of anilines is 1. The van der Waals surface area contributed by atoms with Gasteiger partial charge in [-0.2, -0.15) is 4.98 Å². The van der Waals surface area contributed by atoms with Gasteiger partial charge in [0.25, 0.3) is 11.8 Å². The van der Waals surface area contributed by atoms with Gasteiger partial charge in [0.15, 0.2) is 5.13 Å². The second-order valence-electron chi connectivity index (χ2n) is 9.31. The number of carboxylic acid groups (broad SMARTS) is 1. The van der Waals surface area contributed by atoms with Gasteiger partial charge < -0.3 is 29.1 Å². The lowest BCUT2D eigenvalue weighted by atomic mass is 10.1. The number of aliphatic carboxylic acids is 1. The van der Waals surface area contributed by atoms with E-state index in [0.717, 1.165) is 24.4 Å². The first kappa shape index (κ1) is 28.9. The number of likely N-dealkylation sites (N-methyl/N-ethyl adjacent to an activating group) is 1. The van der Waals surface area contributed by atoms with E-state index in [4.69, 9.17) is 19.3 Å². The molecule has 0 unspecified atom stereocenters. The lowest BCUT2D eigenvalue weighted by Crippen LogP contribution is -2.47. The Bertz CT molecular complexity index is 1340. The second-order valence-corrected chi connectivity index (χ2v) is 10.2. The number of piperazine rings is 1. The highest BCUT2D eigenvalue weighted by Gasteiger charge is 2.21. The van der Waals surface area contributed by atoms with Crippen LogP contribution in [0.1, 0.15) is 33.3 Å². The van der Waals surface area contributed by atoms with Gasteiger partial charge in [-0.15, -0.1) is 11.3 Å². The quantitative estimate of drug-likeness (QED) is 0.354. The number of ether oxygens (including phenoxy) is 3. The van der Waals surface area contributed by atoms with E-state index < -0.39 is 11.9 Å². The maximum atomic E-state index is 13.0. The number of pyridine rings is 1. The van der Waals surface area contributed by atoms with Crippen LogP contribution in [0.4, 0.5) is 5.13 Å². The Balaban J connectivity index is 1.50. The Morgan fingerprint density at radius 1 is 1.05 bits per heavy atom. The molecule has 3 heterocycles. The molecule has 1 aliphatic heterocycles. The minimum absolute atomic E-state index is 0.0343. The van der Waals surface area contributed by atoms with Crippen molar-refractivity contribution in [2.24, 2.45) is 0 Å². The van der Waals surface area contributed by atoms with Crippen molar-refractivity contribution in [3.63, 3.8) is 0 Å². The topological polar surface area (TPSA) is 143 Å². The van der Waals surface area contributed by atoms with E-state index in [1.54, 1.807) is 43.7 Å². The number of carboxylic acids is 1. The van der Waals surface area contributed by atoms with Gasteiger partial charge in [-0.3, -0.25) is 19.7 Å². The molecule has 2 N–H and O–H groups in total. The third-order valence-corrected chi connectivity index (χ3v) is 6.79. The van der Waals surface area contributed by atoms with Crippen LogP contribution in [0.3, 0.4) is 0 Å². The standard InChI is InChI=1S/C27H31N5O7S/c1-17(15-37-3)38-22-12-19(25(35)30-27-28-20(16-40-27)14-24(33)34)13-23(29-22)39-21-6-4-18(5-7-21)26(36)32-10-8-31(2)9-11-32/h4-7,12-13,16-17H,8-11,14-15H2,1-3H3,(H,33,34)(H,28,30,35)/t17-/m1/s1. The van der Waals surface area contributed by atoms with E-state index in [1.165, 1.54) is 12.1 Å². The number of thiazole rings is 1. The van der Waals surface area contributed by atoms with Crippen LogP contribution < -0.4 is 14.8 Å². The summed E-state index contributed by atoms with van der Waals surface area (Å²) in [4.78, 5) is 49.3. The molecule has 1 aromatic carbocycles. The summed E-state index contributed by atoms with van der Waals surface area (Å²) in [6.45, 7) is 5.14. The number of hydrogen-bond donors (Lipinski definition) is 2. The molecule has 0 saturated carbocycles. The maximum Gasteiger partial charge on any atom is 0.309 e. The highest BCUT2D eigenvalue weighted by molar-refractivity contribution is 7.14. The zero-order valence-electron chi connectivity index (χ0n) is 22.5. The number of nitrogens with zero attached hydrogens (tertiary/aromatic N) is 4. The van der Waals surface area contributed by atoms with Crippen molar-refractivity contribution >= 4 is 34.3 Å². The van der Waals surface area contributed by atoms with E-state index in [1.807, 2.05) is 11.9 Å². The molecule has 1 aliphatic rings. The Morgan fingerprint density at radius 3 is 2.42 bits per heavy atom. The summed E-state index contributed by atoms with van der Waals surface area (Å²) in [7, 11) is 3.59. The molecule has 212 valence electrons. The Labute approximate surface area is 235 Å². The summed E-state index contributed by atoms with van der Waals surface area (Å²) in [5, 5.41) is 13.5. The third kappa shape index (κ3) is 7.97. The Kier molecular flexibility index (Phi) is 9.64. The van der Waals surface area contributed by atoms with Crippen LogP contribution in [0.2, 0.25) is 0 Å². The van der Waals surface area contributed by atoms with Crippen LogP contribution in [-0.2, 0) is 16.0 Å². The molecular formula is C27H31N5O7S. The first-order valence-electron chi connectivity index (χ1n) is 12.6. The smallest absolute Gasteiger partial charge is 0.309 e. The van der Waals surface area contributed by atoms with E-state index >= 15 is 0 Å². The van der Waals surface area contributed by atoms with Gasteiger partial charge >= 0.3 is 5.97 Å². The van der Waals surface area contributed by atoms with Gasteiger partial charge in [0.1, 0.15) is 11.9 Å². The fourth-order valence-corrected chi connectivity index (χ4v) is 4.65. The minimum atomic E-state index is -1.01. The van der Waals surface area contributed by atoms with Crippen LogP contribution in [0.25, 0.3) is 0 Å². The highest BCUT2D eigenvalue weighted by Crippen LogP contribution is 2.26. The summed E-state index contributed by atoms with van der Waals surface area (Å²) >= 11 is 1.12. The number of methoxy groups -OCH3 is 1. The van der Waals surface area contributed by atoms with Crippen molar-refractivity contribution in [2.45, 2.75) is 19.4 Å². The van der Waals surface area contributed by atoms with Crippen molar-refractivity contribution in [2.75, 3.05) is 52.3 Å². The molecule has 40 heavy (non-hydrogen) atoms. The molecule has 0 bridgehead atoms. The summed E-state index contributed by atoms with van der Waals surface area (Å²) in [5.74, 6) is -0.860. The van der Waals surface area contributed by atoms with Crippen LogP contribution >= 0.6 is 11.3 Å². The molecule has 1 fully saturated rings. The summed E-state index contributed by atoms with van der Waals surface area (Å²) < 4.78 is 16.9. The van der Waals surface area contributed by atoms with Gasteiger partial charge in [0.05, 0.1) is 24.3 Å². The van der Waals surface area contributed by atoms with E-state index in [0.29, 0.717) is 36.7 Å². The predicted molar refractivity (Wildman–Crippen MR) is 148 cm³/mol. The first-order valence-corrected chi connectivity index (χ1v) is 13.5. The van der Waals surface area contributed by atoms with Gasteiger partial charge in [-0.1, -0.05) is 0 Å². The monoisotopic (exact) mass is 569 g/mol. The Morgan fingerprint density at radius 2 is 1.75 bits per heavy atom. The van der Waals surface area contributed by atoms with Crippen molar-refractivity contribution < 1.29 is 33.7 Å². The lowest BCUT2D eigenvalue weighted by Gasteiger charge is -2.32. The zero-order chi connectivity index (χ0) is 28.6. The predicted octanol–water partition coefficient (Wildman–Crippen LogP) is 3.01. The van der Waals surface area contributed by atoms with Crippen LogP contribution in [0.15, 0.2) is 41.8 Å². The average Bonchev–Trinajstić information content (AvgIpc) is 3.35. The number of aromatic nitrogens is 2. The second kappa shape index (κ2) is 13.3. The van der Waals surface area contributed by atoms with Crippen LogP contribution in [0.5, 0.6) is 17.5 Å². The van der Waals surface area contributed by atoms with Crippen molar-refractivity contribution in [3.05, 3.63) is 58.6 Å². The largest absolute Gasteiger partial charge is 0.481 e. The molecule has 3 aromatic rings. The molecule has 2 amide bonds. The summed E-state index contributed by atoms with van der Waals surface area (Å²) in [6.07, 6.45) is -0.588. The molecule has 0 aliphatic carbocycles. The third-order valence-electron chi connectivity index (χ3n) is 5.98. The molecular weight excluding hydrogens is 538 g/mol. The number of amides is 2. The number of nitrogens with one attached hydrogen (secondary N) is 1. The molecule has 1 saturated heterocycles. The van der Waals surface area contributed by atoms with E-state index in [-0.39, 0.29) is 40.9 Å². The van der Waals surface area contributed by atoms with Crippen molar-refractivity contribution in [1.82, 2.24) is 19.8 Å². The van der Waals surface area contributed by atoms with Gasteiger partial charge in [0, 0.05) is 56.4 Å². The van der Waals surface area contributed by atoms with E-state index in [2.05, 4.69) is 20.2 Å².